The molecule has 2 aromatic rings. The van der Waals surface area contributed by atoms with Crippen molar-refractivity contribution in [2.24, 2.45) is 7.05 Å². The van der Waals surface area contributed by atoms with Crippen molar-refractivity contribution in [1.82, 2.24) is 19.7 Å². The Morgan fingerprint density at radius 3 is 2.91 bits per heavy atom. The van der Waals surface area contributed by atoms with Crippen molar-refractivity contribution in [3.63, 3.8) is 0 Å². The van der Waals surface area contributed by atoms with Crippen molar-refractivity contribution >= 4 is 5.91 Å². The molecule has 0 fully saturated rings. The first kappa shape index (κ1) is 15.3. The first-order valence-corrected chi connectivity index (χ1v) is 7.59. The molecular weight excluding hydrogens is 296 g/mol. The molecule has 0 N–H and O–H groups in total. The highest BCUT2D eigenvalue weighted by molar-refractivity contribution is 5.76. The van der Waals surface area contributed by atoms with Gasteiger partial charge in [0.25, 0.3) is 0 Å². The van der Waals surface area contributed by atoms with Gasteiger partial charge in [-0.05, 0) is 12.1 Å². The van der Waals surface area contributed by atoms with Crippen LogP contribution in [0.15, 0.2) is 30.6 Å². The van der Waals surface area contributed by atoms with Gasteiger partial charge in [-0.3, -0.25) is 4.79 Å². The van der Waals surface area contributed by atoms with Crippen LogP contribution in [0.1, 0.15) is 12.2 Å². The van der Waals surface area contributed by atoms with Gasteiger partial charge < -0.3 is 18.9 Å². The van der Waals surface area contributed by atoms with Gasteiger partial charge in [0.15, 0.2) is 17.6 Å². The molecule has 122 valence electrons. The first-order valence-electron chi connectivity index (χ1n) is 7.59. The van der Waals surface area contributed by atoms with Crippen molar-refractivity contribution in [1.29, 1.82) is 0 Å². The number of hydrogen-bond acceptors (Lipinski definition) is 5. The van der Waals surface area contributed by atoms with Crippen LogP contribution < -0.4 is 9.47 Å². The average molecular weight is 316 g/mol. The second kappa shape index (κ2) is 6.68. The van der Waals surface area contributed by atoms with Crippen LogP contribution >= 0.6 is 0 Å². The van der Waals surface area contributed by atoms with E-state index in [1.54, 1.807) is 18.3 Å². The Hall–Kier alpha value is -2.57. The molecule has 1 aromatic carbocycles. The summed E-state index contributed by atoms with van der Waals surface area (Å²) in [7, 11) is 3.65. The number of nitrogens with zero attached hydrogens (tertiary/aromatic N) is 4. The van der Waals surface area contributed by atoms with Crippen molar-refractivity contribution in [2.75, 3.05) is 20.2 Å². The zero-order valence-electron chi connectivity index (χ0n) is 13.3. The summed E-state index contributed by atoms with van der Waals surface area (Å²) in [4.78, 5) is 13.9. The first-order chi connectivity index (χ1) is 11.1. The third kappa shape index (κ3) is 3.61. The SMILES string of the molecule is CN(CC1COc2ccccc2O1)C(=O)CCc1nncn1C. The largest absolute Gasteiger partial charge is 0.486 e. The van der Waals surface area contributed by atoms with E-state index in [0.29, 0.717) is 26.0 Å². The highest BCUT2D eigenvalue weighted by Gasteiger charge is 2.23. The highest BCUT2D eigenvalue weighted by Crippen LogP contribution is 2.30. The van der Waals surface area contributed by atoms with E-state index in [9.17, 15) is 4.79 Å². The summed E-state index contributed by atoms with van der Waals surface area (Å²) in [5.41, 5.74) is 0. The zero-order chi connectivity index (χ0) is 16.2. The van der Waals surface area contributed by atoms with Crippen molar-refractivity contribution in [3.8, 4) is 11.5 Å². The molecule has 1 amide bonds. The van der Waals surface area contributed by atoms with Crippen LogP contribution in [0.5, 0.6) is 11.5 Å². The lowest BCUT2D eigenvalue weighted by Gasteiger charge is -2.29. The van der Waals surface area contributed by atoms with E-state index in [1.807, 2.05) is 35.9 Å². The fourth-order valence-electron chi connectivity index (χ4n) is 2.50. The maximum atomic E-state index is 12.2. The number of para-hydroxylation sites is 2. The van der Waals surface area contributed by atoms with Crippen molar-refractivity contribution in [3.05, 3.63) is 36.4 Å². The van der Waals surface area contributed by atoms with E-state index in [2.05, 4.69) is 10.2 Å². The van der Waals surface area contributed by atoms with E-state index in [1.165, 1.54) is 0 Å². The summed E-state index contributed by atoms with van der Waals surface area (Å²) < 4.78 is 13.4. The van der Waals surface area contributed by atoms with E-state index >= 15 is 0 Å². The van der Waals surface area contributed by atoms with Crippen molar-refractivity contribution < 1.29 is 14.3 Å². The summed E-state index contributed by atoms with van der Waals surface area (Å²) >= 11 is 0. The van der Waals surface area contributed by atoms with Gasteiger partial charge in [-0.2, -0.15) is 0 Å². The third-order valence-electron chi connectivity index (χ3n) is 3.84. The number of benzene rings is 1. The van der Waals surface area contributed by atoms with Gasteiger partial charge in [0, 0.05) is 26.9 Å². The number of aryl methyl sites for hydroxylation is 2. The lowest BCUT2D eigenvalue weighted by molar-refractivity contribution is -0.131. The molecule has 3 rings (SSSR count). The molecule has 23 heavy (non-hydrogen) atoms. The highest BCUT2D eigenvalue weighted by atomic mass is 16.6. The van der Waals surface area contributed by atoms with E-state index in [0.717, 1.165) is 17.3 Å². The minimum atomic E-state index is -0.159. The van der Waals surface area contributed by atoms with Crippen molar-refractivity contribution in [2.45, 2.75) is 18.9 Å². The second-order valence-corrected chi connectivity index (χ2v) is 5.63. The topological polar surface area (TPSA) is 69.5 Å². The number of fused-ring (bicyclic) bond motifs is 1. The maximum Gasteiger partial charge on any atom is 0.222 e. The molecule has 0 spiro atoms. The number of carbonyl (C=O) groups excluding carboxylic acids is 1. The Morgan fingerprint density at radius 1 is 1.39 bits per heavy atom. The number of likely N-dealkylation sites (N-methyl/N-ethyl adjacent to an activating group) is 1. The van der Waals surface area contributed by atoms with E-state index in [-0.39, 0.29) is 12.0 Å². The molecule has 7 heteroatoms. The molecule has 1 aliphatic heterocycles. The summed E-state index contributed by atoms with van der Waals surface area (Å²) in [5.74, 6) is 2.33. The number of ether oxygens (including phenoxy) is 2. The molecule has 0 saturated carbocycles. The van der Waals surface area contributed by atoms with Crippen LogP contribution in [0, 0.1) is 0 Å². The van der Waals surface area contributed by atoms with Crippen LogP contribution in [0.3, 0.4) is 0 Å². The van der Waals surface area contributed by atoms with Gasteiger partial charge in [0.1, 0.15) is 18.8 Å². The Morgan fingerprint density at radius 2 is 2.17 bits per heavy atom. The molecule has 1 unspecified atom stereocenters. The fraction of sp³-hybridized carbons (Fsp3) is 0.438. The molecule has 2 heterocycles. The van der Waals surface area contributed by atoms with Crippen LogP contribution in [0.4, 0.5) is 0 Å². The Bertz CT molecular complexity index is 685. The van der Waals surface area contributed by atoms with Gasteiger partial charge in [0.2, 0.25) is 5.91 Å². The van der Waals surface area contributed by atoms with Crippen LogP contribution in [-0.4, -0.2) is 51.9 Å². The van der Waals surface area contributed by atoms with Gasteiger partial charge in [-0.1, -0.05) is 12.1 Å². The number of aromatic nitrogens is 3. The minimum Gasteiger partial charge on any atom is -0.486 e. The predicted octanol–water partition coefficient (Wildman–Crippen LogP) is 1.05. The smallest absolute Gasteiger partial charge is 0.222 e. The lowest BCUT2D eigenvalue weighted by Crippen LogP contribution is -2.41. The maximum absolute atomic E-state index is 12.2. The van der Waals surface area contributed by atoms with Crippen LogP contribution in [-0.2, 0) is 18.3 Å². The second-order valence-electron chi connectivity index (χ2n) is 5.63. The van der Waals surface area contributed by atoms with E-state index in [4.69, 9.17) is 9.47 Å². The average Bonchev–Trinajstić information content (AvgIpc) is 2.97. The molecular formula is C16H20N4O3. The van der Waals surface area contributed by atoms with Gasteiger partial charge in [-0.25, -0.2) is 0 Å². The monoisotopic (exact) mass is 316 g/mol. The Labute approximate surface area is 134 Å². The molecule has 0 saturated heterocycles. The number of hydrogen-bond donors (Lipinski definition) is 0. The molecule has 1 aliphatic rings. The summed E-state index contributed by atoms with van der Waals surface area (Å²) in [6.45, 7) is 0.934. The minimum absolute atomic E-state index is 0.0514. The van der Waals surface area contributed by atoms with E-state index < -0.39 is 0 Å². The molecule has 0 bridgehead atoms. The molecule has 0 aliphatic carbocycles. The van der Waals surface area contributed by atoms with Gasteiger partial charge in [0.05, 0.1) is 6.54 Å². The normalized spacial score (nSPS) is 16.2. The molecule has 0 radical (unpaired) electrons. The van der Waals surface area contributed by atoms with Gasteiger partial charge in [-0.15, -0.1) is 10.2 Å². The van der Waals surface area contributed by atoms with Crippen LogP contribution in [0.2, 0.25) is 0 Å². The summed E-state index contributed by atoms with van der Waals surface area (Å²) in [5, 5.41) is 7.80. The van der Waals surface area contributed by atoms with Crippen LogP contribution in [0.25, 0.3) is 0 Å². The standard InChI is InChI=1S/C16H20N4O3/c1-19(16(21)8-7-15-18-17-11-20(15)2)9-12-10-22-13-5-3-4-6-14(13)23-12/h3-6,11-12H,7-10H2,1-2H3. The quantitative estimate of drug-likeness (QED) is 0.824. The number of carbonyl (C=O) groups is 1. The predicted molar refractivity (Wildman–Crippen MR) is 83.3 cm³/mol. The molecule has 1 aromatic heterocycles. The zero-order valence-corrected chi connectivity index (χ0v) is 13.3. The Balaban J connectivity index is 1.50. The Kier molecular flexibility index (Phi) is 4.45. The number of amides is 1. The summed E-state index contributed by atoms with van der Waals surface area (Å²) in [6, 6.07) is 7.56. The molecule has 1 atom stereocenters. The number of rotatable bonds is 5. The fourth-order valence-corrected chi connectivity index (χ4v) is 2.50. The summed E-state index contributed by atoms with van der Waals surface area (Å²) in [6.07, 6.45) is 2.44. The lowest BCUT2D eigenvalue weighted by atomic mass is 10.2. The third-order valence-corrected chi connectivity index (χ3v) is 3.84. The molecule has 7 nitrogen and oxygen atoms in total. The van der Waals surface area contributed by atoms with Gasteiger partial charge >= 0.3 is 0 Å².